The van der Waals surface area contributed by atoms with Crippen molar-refractivity contribution in [1.29, 1.82) is 0 Å². The highest BCUT2D eigenvalue weighted by molar-refractivity contribution is 4.99. The van der Waals surface area contributed by atoms with E-state index in [0.29, 0.717) is 5.66 Å². The second-order valence-electron chi connectivity index (χ2n) is 7.24. The molecule has 2 aliphatic rings. The first-order chi connectivity index (χ1) is 9.10. The lowest BCUT2D eigenvalue weighted by Gasteiger charge is -2.57. The van der Waals surface area contributed by atoms with Crippen LogP contribution in [0.15, 0.2) is 0 Å². The molecule has 0 aromatic heterocycles. The minimum absolute atomic E-state index is 0.306. The summed E-state index contributed by atoms with van der Waals surface area (Å²) in [6.45, 7) is 0. The van der Waals surface area contributed by atoms with Gasteiger partial charge in [0.05, 0.1) is 5.66 Å². The van der Waals surface area contributed by atoms with Gasteiger partial charge in [-0.15, -0.1) is 0 Å². The summed E-state index contributed by atoms with van der Waals surface area (Å²) in [7, 11) is 9.29. The molecule has 0 aliphatic heterocycles. The van der Waals surface area contributed by atoms with Crippen molar-refractivity contribution in [3.05, 3.63) is 0 Å². The minimum atomic E-state index is 0.306. The van der Waals surface area contributed by atoms with Gasteiger partial charge in [-0.05, 0) is 65.7 Å². The predicted molar refractivity (Wildman–Crippen MR) is 83.3 cm³/mol. The topological polar surface area (TPSA) is 6.48 Å². The fourth-order valence-electron chi connectivity index (χ4n) is 5.25. The van der Waals surface area contributed by atoms with Gasteiger partial charge in [0, 0.05) is 0 Å². The van der Waals surface area contributed by atoms with Crippen LogP contribution in [0.25, 0.3) is 0 Å². The quantitative estimate of drug-likeness (QED) is 0.711. The summed E-state index contributed by atoms with van der Waals surface area (Å²) in [5.41, 5.74) is 0.306. The molecule has 19 heavy (non-hydrogen) atoms. The Kier molecular flexibility index (Phi) is 5.30. The van der Waals surface area contributed by atoms with Gasteiger partial charge in [0.1, 0.15) is 0 Å². The molecule has 0 heterocycles. The molecule has 2 fully saturated rings. The van der Waals surface area contributed by atoms with E-state index in [1.54, 1.807) is 0 Å². The highest BCUT2D eigenvalue weighted by Crippen LogP contribution is 2.46. The maximum Gasteiger partial charge on any atom is 0.0785 e. The molecular weight excluding hydrogens is 232 g/mol. The Morgan fingerprint density at radius 2 is 0.895 bits per heavy atom. The van der Waals surface area contributed by atoms with Gasteiger partial charge in [0.2, 0.25) is 0 Å². The van der Waals surface area contributed by atoms with Crippen LogP contribution in [0.2, 0.25) is 0 Å². The van der Waals surface area contributed by atoms with Crippen molar-refractivity contribution in [2.45, 2.75) is 69.9 Å². The number of hydrogen-bond donors (Lipinski definition) is 0. The molecule has 2 heteroatoms. The zero-order chi connectivity index (χ0) is 13.9. The second kappa shape index (κ2) is 6.58. The van der Waals surface area contributed by atoms with Gasteiger partial charge in [-0.3, -0.25) is 9.80 Å². The molecule has 0 amide bonds. The van der Waals surface area contributed by atoms with E-state index in [9.17, 15) is 0 Å². The Bertz CT molecular complexity index is 232. The van der Waals surface area contributed by atoms with Gasteiger partial charge < -0.3 is 0 Å². The van der Waals surface area contributed by atoms with Gasteiger partial charge in [0.15, 0.2) is 0 Å². The molecule has 0 unspecified atom stereocenters. The lowest BCUT2D eigenvalue weighted by Crippen LogP contribution is -2.65. The first kappa shape index (κ1) is 15.3. The van der Waals surface area contributed by atoms with Crippen molar-refractivity contribution in [2.75, 3.05) is 28.2 Å². The third-order valence-corrected chi connectivity index (χ3v) is 5.84. The van der Waals surface area contributed by atoms with Crippen molar-refractivity contribution in [3.63, 3.8) is 0 Å². The van der Waals surface area contributed by atoms with Gasteiger partial charge >= 0.3 is 0 Å². The maximum atomic E-state index is 2.57. The molecule has 2 aliphatic carbocycles. The molecule has 0 aromatic carbocycles. The van der Waals surface area contributed by atoms with Crippen LogP contribution < -0.4 is 0 Å². The van der Waals surface area contributed by atoms with E-state index in [4.69, 9.17) is 0 Å². The van der Waals surface area contributed by atoms with Gasteiger partial charge in [-0.25, -0.2) is 0 Å². The van der Waals surface area contributed by atoms with Crippen molar-refractivity contribution in [1.82, 2.24) is 9.80 Å². The molecule has 0 saturated heterocycles. The maximum absolute atomic E-state index is 2.57. The third-order valence-electron chi connectivity index (χ3n) is 5.84. The molecule has 112 valence electrons. The summed E-state index contributed by atoms with van der Waals surface area (Å²) in [6.07, 6.45) is 14.4. The molecule has 0 bridgehead atoms. The zero-order valence-electron chi connectivity index (χ0n) is 13.6. The summed E-state index contributed by atoms with van der Waals surface area (Å²) in [6, 6.07) is 0. The third kappa shape index (κ3) is 2.85. The molecule has 0 N–H and O–H groups in total. The summed E-state index contributed by atoms with van der Waals surface area (Å²) in [5, 5.41) is 0. The van der Waals surface area contributed by atoms with Crippen molar-refractivity contribution in [2.24, 2.45) is 11.8 Å². The van der Waals surface area contributed by atoms with Gasteiger partial charge in [-0.1, -0.05) is 38.5 Å². The summed E-state index contributed by atoms with van der Waals surface area (Å²) < 4.78 is 0. The first-order valence-corrected chi connectivity index (χ1v) is 8.45. The average Bonchev–Trinajstić information content (AvgIpc) is 2.41. The summed E-state index contributed by atoms with van der Waals surface area (Å²) >= 11 is 0. The fourth-order valence-corrected chi connectivity index (χ4v) is 5.25. The summed E-state index contributed by atoms with van der Waals surface area (Å²) in [5.74, 6) is 1.74. The molecule has 0 aromatic rings. The van der Waals surface area contributed by atoms with Crippen molar-refractivity contribution >= 4 is 0 Å². The van der Waals surface area contributed by atoms with Crippen LogP contribution in [0.4, 0.5) is 0 Å². The Morgan fingerprint density at radius 1 is 0.579 bits per heavy atom. The average molecular weight is 266 g/mol. The molecular formula is C17H34N2. The van der Waals surface area contributed by atoms with E-state index in [0.717, 1.165) is 11.8 Å². The van der Waals surface area contributed by atoms with Crippen LogP contribution in [0.3, 0.4) is 0 Å². The van der Waals surface area contributed by atoms with E-state index in [-0.39, 0.29) is 0 Å². The van der Waals surface area contributed by atoms with Crippen LogP contribution in [0.5, 0.6) is 0 Å². The van der Waals surface area contributed by atoms with E-state index in [2.05, 4.69) is 38.0 Å². The van der Waals surface area contributed by atoms with Crippen molar-refractivity contribution < 1.29 is 0 Å². The Morgan fingerprint density at radius 3 is 1.16 bits per heavy atom. The van der Waals surface area contributed by atoms with E-state index in [1.165, 1.54) is 64.2 Å². The van der Waals surface area contributed by atoms with Crippen LogP contribution in [-0.2, 0) is 0 Å². The number of rotatable bonds is 4. The minimum Gasteiger partial charge on any atom is -0.291 e. The Hall–Kier alpha value is -0.0800. The number of nitrogens with zero attached hydrogens (tertiary/aromatic N) is 2. The monoisotopic (exact) mass is 266 g/mol. The predicted octanol–water partition coefficient (Wildman–Crippen LogP) is 3.97. The van der Waals surface area contributed by atoms with E-state index < -0.39 is 0 Å². The lowest BCUT2D eigenvalue weighted by atomic mass is 9.67. The SMILES string of the molecule is CN(C)C(C1CCCCC1)(C1CCCCC1)N(C)C. The van der Waals surface area contributed by atoms with Crippen molar-refractivity contribution in [3.8, 4) is 0 Å². The van der Waals surface area contributed by atoms with E-state index in [1.807, 2.05) is 0 Å². The van der Waals surface area contributed by atoms with Gasteiger partial charge in [0.25, 0.3) is 0 Å². The Balaban J connectivity index is 2.28. The molecule has 2 nitrogen and oxygen atoms in total. The smallest absolute Gasteiger partial charge is 0.0785 e. The standard InChI is InChI=1S/C17H34N2/c1-18(2)17(19(3)4,15-11-7-5-8-12-15)16-13-9-6-10-14-16/h15-16H,5-14H2,1-4H3. The second-order valence-corrected chi connectivity index (χ2v) is 7.24. The highest BCUT2D eigenvalue weighted by atomic mass is 15.4. The molecule has 2 rings (SSSR count). The van der Waals surface area contributed by atoms with Gasteiger partial charge in [-0.2, -0.15) is 0 Å². The van der Waals surface area contributed by atoms with Crippen LogP contribution in [0, 0.1) is 11.8 Å². The van der Waals surface area contributed by atoms with E-state index >= 15 is 0 Å². The fraction of sp³-hybridized carbons (Fsp3) is 1.00. The Labute approximate surface area is 120 Å². The lowest BCUT2D eigenvalue weighted by molar-refractivity contribution is -0.115. The molecule has 2 saturated carbocycles. The largest absolute Gasteiger partial charge is 0.291 e. The van der Waals surface area contributed by atoms with Crippen LogP contribution >= 0.6 is 0 Å². The summed E-state index contributed by atoms with van der Waals surface area (Å²) in [4.78, 5) is 5.14. The normalized spacial score (nSPS) is 24.3. The zero-order valence-corrected chi connectivity index (χ0v) is 13.6. The molecule has 0 atom stereocenters. The molecule has 0 spiro atoms. The number of hydrogen-bond acceptors (Lipinski definition) is 2. The van der Waals surface area contributed by atoms with Crippen LogP contribution in [-0.4, -0.2) is 43.7 Å². The first-order valence-electron chi connectivity index (χ1n) is 8.45. The molecule has 0 radical (unpaired) electrons. The van der Waals surface area contributed by atoms with Crippen LogP contribution in [0.1, 0.15) is 64.2 Å². The highest BCUT2D eigenvalue weighted by Gasteiger charge is 2.48.